The first-order valence-electron chi connectivity index (χ1n) is 21.8. The quantitative estimate of drug-likeness (QED) is 0.105. The second-order valence-electron chi connectivity index (χ2n) is 16.6. The van der Waals surface area contributed by atoms with Crippen molar-refractivity contribution in [2.45, 2.75) is 0 Å². The van der Waals surface area contributed by atoms with Crippen molar-refractivity contribution in [2.75, 3.05) is 0 Å². The van der Waals surface area contributed by atoms with Crippen LogP contribution in [0.1, 0.15) is 0 Å². The van der Waals surface area contributed by atoms with Gasteiger partial charge in [-0.3, -0.25) is 0 Å². The number of benzene rings is 12. The van der Waals surface area contributed by atoms with E-state index in [0.717, 1.165) is 0 Å². The molecule has 0 bridgehead atoms. The zero-order valence-corrected chi connectivity index (χ0v) is 37.9. The molecule has 0 radical (unpaired) electrons. The molecule has 0 saturated heterocycles. The summed E-state index contributed by atoms with van der Waals surface area (Å²) in [6.07, 6.45) is 0. The van der Waals surface area contributed by atoms with Gasteiger partial charge in [0.05, 0.1) is 0 Å². The molecule has 0 aliphatic carbocycles. The maximum atomic E-state index is 2.54. The van der Waals surface area contributed by atoms with E-state index < -0.39 is 13.3 Å². The minimum atomic E-state index is -3.24. The van der Waals surface area contributed by atoms with Crippen molar-refractivity contribution in [1.82, 2.24) is 0 Å². The van der Waals surface area contributed by atoms with Gasteiger partial charge < -0.3 is 0 Å². The van der Waals surface area contributed by atoms with E-state index in [0.29, 0.717) is 0 Å². The van der Waals surface area contributed by atoms with Gasteiger partial charge in [-0.05, 0) is 0 Å². The van der Waals surface area contributed by atoms with Crippen LogP contribution < -0.4 is 31.1 Å². The van der Waals surface area contributed by atoms with Crippen LogP contribution in [0, 0.1) is 0 Å². The molecule has 3 heteroatoms. The fourth-order valence-electron chi connectivity index (χ4n) is 10.6. The molecule has 12 rings (SSSR count). The summed E-state index contributed by atoms with van der Waals surface area (Å²) in [4.78, 5) is 0. The first-order valence-corrected chi connectivity index (χ1v) is 29.5. The van der Waals surface area contributed by atoms with Crippen LogP contribution in [-0.4, -0.2) is 13.3 Å². The Bertz CT molecular complexity index is 3050. The molecule has 63 heavy (non-hydrogen) atoms. The standard InChI is InChI=1S/2C30H21Si.Cr/c2*1-4-16-25-22(10-1)13-7-19-28(25)31(29-20-8-14-23-11-2-5-17-26(23)29)30-21-9-15-24-12-3-6-18-27(24)30;/h2*1-21H;. The van der Waals surface area contributed by atoms with Gasteiger partial charge in [0.1, 0.15) is 0 Å². The second-order valence-corrected chi connectivity index (χ2v) is 32.0. The Morgan fingerprint density at radius 1 is 0.175 bits per heavy atom. The fraction of sp³-hybridized carbons (Fsp3) is 0. The number of fused-ring (bicyclic) bond motifs is 6. The average molecular weight is 871 g/mol. The summed E-state index contributed by atoms with van der Waals surface area (Å²) in [6, 6.07) is 98.4. The predicted octanol–water partition coefficient (Wildman–Crippen LogP) is 11.3. The van der Waals surface area contributed by atoms with E-state index in [1.54, 1.807) is 0 Å². The molecule has 296 valence electrons. The van der Waals surface area contributed by atoms with Crippen molar-refractivity contribution < 1.29 is 13.9 Å². The maximum absolute atomic E-state index is 3.24. The molecule has 0 saturated carbocycles. The van der Waals surface area contributed by atoms with Crippen LogP contribution in [0.4, 0.5) is 0 Å². The van der Waals surface area contributed by atoms with Gasteiger partial charge in [0.15, 0.2) is 0 Å². The molecule has 0 aliphatic rings. The van der Waals surface area contributed by atoms with E-state index in [2.05, 4.69) is 255 Å². The van der Waals surface area contributed by atoms with Crippen molar-refractivity contribution in [3.63, 3.8) is 0 Å². The van der Waals surface area contributed by atoms with Gasteiger partial charge in [-0.25, -0.2) is 0 Å². The molecule has 0 aromatic heterocycles. The molecule has 0 atom stereocenters. The molecule has 12 aromatic carbocycles. The summed E-state index contributed by atoms with van der Waals surface area (Å²) in [6.45, 7) is -6.48. The Morgan fingerprint density at radius 2 is 0.333 bits per heavy atom. The molecule has 12 aromatic rings. The van der Waals surface area contributed by atoms with E-state index in [1.807, 2.05) is 0 Å². The summed E-state index contributed by atoms with van der Waals surface area (Å²) in [5.41, 5.74) is 0. The van der Waals surface area contributed by atoms with E-state index in [9.17, 15) is 0 Å². The molecule has 0 amide bonds. The van der Waals surface area contributed by atoms with Crippen molar-refractivity contribution in [3.05, 3.63) is 255 Å². The average Bonchev–Trinajstić information content (AvgIpc) is 3.36. The molecule has 0 fully saturated rings. The van der Waals surface area contributed by atoms with Crippen LogP contribution in [0.3, 0.4) is 0 Å². The van der Waals surface area contributed by atoms with Gasteiger partial charge in [-0.15, -0.1) is 0 Å². The van der Waals surface area contributed by atoms with Crippen LogP contribution in [0.15, 0.2) is 255 Å². The monoisotopic (exact) mass is 870 g/mol. The third-order valence-electron chi connectivity index (χ3n) is 13.3. The molecule has 0 aliphatic heterocycles. The van der Waals surface area contributed by atoms with Crippen LogP contribution in [0.2, 0.25) is 0 Å². The number of rotatable bonds is 8. The topological polar surface area (TPSA) is 0 Å². The number of hydrogen-bond donors (Lipinski definition) is 0. The van der Waals surface area contributed by atoms with E-state index in [4.69, 9.17) is 0 Å². The molecule has 0 N–H and O–H groups in total. The Labute approximate surface area is 375 Å². The Kier molecular flexibility index (Phi) is 9.33. The van der Waals surface area contributed by atoms with E-state index >= 15 is 0 Å². The Morgan fingerprint density at radius 3 is 0.524 bits per heavy atom. The van der Waals surface area contributed by atoms with Crippen LogP contribution in [0.25, 0.3) is 64.6 Å². The van der Waals surface area contributed by atoms with Crippen molar-refractivity contribution in [2.24, 2.45) is 0 Å². The molecule has 0 nitrogen and oxygen atoms in total. The molecule has 0 heterocycles. The summed E-state index contributed by atoms with van der Waals surface area (Å²) >= 11 is -0.114. The summed E-state index contributed by atoms with van der Waals surface area (Å²) in [5.74, 6) is 0. The van der Waals surface area contributed by atoms with Gasteiger partial charge in [0.25, 0.3) is 0 Å². The molecule has 0 spiro atoms. The first kappa shape index (κ1) is 37.9. The Balaban J connectivity index is 1.39. The van der Waals surface area contributed by atoms with Crippen molar-refractivity contribution in [1.29, 1.82) is 0 Å². The zero-order chi connectivity index (χ0) is 41.8. The van der Waals surface area contributed by atoms with Crippen molar-refractivity contribution in [3.8, 4) is 0 Å². The summed E-state index contributed by atoms with van der Waals surface area (Å²) in [7, 11) is 0. The van der Waals surface area contributed by atoms with Gasteiger partial charge in [-0.1, -0.05) is 0 Å². The van der Waals surface area contributed by atoms with E-state index in [-0.39, 0.29) is 13.9 Å². The van der Waals surface area contributed by atoms with Crippen LogP contribution in [-0.2, 0) is 13.9 Å². The Hall–Kier alpha value is -6.83. The van der Waals surface area contributed by atoms with Gasteiger partial charge in [0.2, 0.25) is 0 Å². The third kappa shape index (κ3) is 6.00. The van der Waals surface area contributed by atoms with Crippen LogP contribution in [0.5, 0.6) is 0 Å². The van der Waals surface area contributed by atoms with Gasteiger partial charge in [0, 0.05) is 0 Å². The van der Waals surface area contributed by atoms with Gasteiger partial charge >= 0.3 is 378 Å². The summed E-state index contributed by atoms with van der Waals surface area (Å²) < 4.78 is 0. The third-order valence-corrected chi connectivity index (χ3v) is 37.7. The van der Waals surface area contributed by atoms with E-state index in [1.165, 1.54) is 95.8 Å². The predicted molar refractivity (Wildman–Crippen MR) is 273 cm³/mol. The molecular weight excluding hydrogens is 829 g/mol. The zero-order valence-electron chi connectivity index (χ0n) is 34.7. The second kappa shape index (κ2) is 15.5. The molecular formula is C60H42CrSi2. The van der Waals surface area contributed by atoms with Crippen molar-refractivity contribution >= 4 is 109 Å². The first-order chi connectivity index (χ1) is 31.2. The molecule has 0 unspecified atom stereocenters. The van der Waals surface area contributed by atoms with Crippen LogP contribution >= 0.6 is 0 Å². The normalized spacial score (nSPS) is 12.2. The fourth-order valence-corrected chi connectivity index (χ4v) is 43.2. The van der Waals surface area contributed by atoms with Gasteiger partial charge in [-0.2, -0.15) is 0 Å². The minimum absolute atomic E-state index is 0.114. The number of hydrogen-bond acceptors (Lipinski definition) is 0. The summed E-state index contributed by atoms with van der Waals surface area (Å²) in [5, 5.41) is 24.8. The SMILES string of the molecule is c1ccc2c([Si]([Cr][Si](c3cccc4ccccc34)(c3cccc4ccccc34)c3cccc4ccccc34)(c3cccc4ccccc34)c3cccc4ccccc34)cccc2c1.